The largest absolute Gasteiger partial charge is 0.481 e. The van der Waals surface area contributed by atoms with Gasteiger partial charge in [-0.15, -0.1) is 0 Å². The van der Waals surface area contributed by atoms with Gasteiger partial charge in [0.15, 0.2) is 0 Å². The molecule has 0 atom stereocenters. The molecule has 0 unspecified atom stereocenters. The molecule has 1 N–H and O–H groups in total. The van der Waals surface area contributed by atoms with Crippen molar-refractivity contribution in [3.05, 3.63) is 29.0 Å². The van der Waals surface area contributed by atoms with E-state index >= 15 is 0 Å². The molecule has 0 saturated carbocycles. The number of likely N-dealkylation sites (tertiary alicyclic amines) is 1. The van der Waals surface area contributed by atoms with E-state index in [4.69, 9.17) is 16.7 Å². The van der Waals surface area contributed by atoms with Crippen LogP contribution in [0.3, 0.4) is 0 Å². The van der Waals surface area contributed by atoms with Gasteiger partial charge in [0.2, 0.25) is 0 Å². The van der Waals surface area contributed by atoms with Crippen molar-refractivity contribution in [2.75, 3.05) is 13.1 Å². The fourth-order valence-corrected chi connectivity index (χ4v) is 2.61. The Morgan fingerprint density at radius 3 is 2.65 bits per heavy atom. The van der Waals surface area contributed by atoms with E-state index in [1.54, 1.807) is 23.1 Å². The van der Waals surface area contributed by atoms with Crippen LogP contribution in [0, 0.1) is 5.92 Å². The van der Waals surface area contributed by atoms with E-state index < -0.39 is 5.97 Å². The Balaban J connectivity index is 1.87. The summed E-state index contributed by atoms with van der Waals surface area (Å²) in [5.74, 6) is -0.474. The molecular formula is C14H17ClN2O3. The summed E-state index contributed by atoms with van der Waals surface area (Å²) in [6.07, 6.45) is 2.58. The highest BCUT2D eigenvalue weighted by Crippen LogP contribution is 2.23. The Hall–Kier alpha value is -1.62. The fraction of sp³-hybridized carbons (Fsp3) is 0.500. The number of piperidine rings is 1. The van der Waals surface area contributed by atoms with Gasteiger partial charge in [0.1, 0.15) is 10.8 Å². The van der Waals surface area contributed by atoms with Crippen LogP contribution >= 0.6 is 11.6 Å². The van der Waals surface area contributed by atoms with Gasteiger partial charge in [-0.05, 0) is 37.3 Å². The zero-order valence-corrected chi connectivity index (χ0v) is 11.8. The van der Waals surface area contributed by atoms with Crippen LogP contribution in [0.15, 0.2) is 18.2 Å². The molecule has 0 spiro atoms. The smallest absolute Gasteiger partial charge is 0.303 e. The van der Waals surface area contributed by atoms with Crippen molar-refractivity contribution in [1.82, 2.24) is 9.88 Å². The number of halogens is 1. The highest BCUT2D eigenvalue weighted by Gasteiger charge is 2.24. The first-order chi connectivity index (χ1) is 9.56. The Kier molecular flexibility index (Phi) is 4.95. The molecule has 2 rings (SSSR count). The normalized spacial score (nSPS) is 16.1. The predicted molar refractivity (Wildman–Crippen MR) is 74.7 cm³/mol. The summed E-state index contributed by atoms with van der Waals surface area (Å²) in [7, 11) is 0. The first-order valence-electron chi connectivity index (χ1n) is 6.70. The van der Waals surface area contributed by atoms with Crippen molar-refractivity contribution < 1.29 is 14.7 Å². The molecule has 2 heterocycles. The van der Waals surface area contributed by atoms with E-state index in [1.807, 2.05) is 0 Å². The summed E-state index contributed by atoms with van der Waals surface area (Å²) in [5, 5.41) is 8.99. The average molecular weight is 297 g/mol. The van der Waals surface area contributed by atoms with Crippen LogP contribution in [-0.2, 0) is 4.79 Å². The highest BCUT2D eigenvalue weighted by atomic mass is 35.5. The lowest BCUT2D eigenvalue weighted by Crippen LogP contribution is -2.38. The van der Waals surface area contributed by atoms with E-state index in [9.17, 15) is 9.59 Å². The van der Waals surface area contributed by atoms with Crippen LogP contribution in [-0.4, -0.2) is 40.0 Å². The van der Waals surface area contributed by atoms with Crippen molar-refractivity contribution in [2.24, 2.45) is 5.92 Å². The van der Waals surface area contributed by atoms with Gasteiger partial charge in [0.25, 0.3) is 5.91 Å². The second-order valence-electron chi connectivity index (χ2n) is 5.01. The number of aliphatic carboxylic acids is 1. The Morgan fingerprint density at radius 2 is 2.05 bits per heavy atom. The van der Waals surface area contributed by atoms with E-state index in [2.05, 4.69) is 4.98 Å². The molecule has 5 nitrogen and oxygen atoms in total. The van der Waals surface area contributed by atoms with Crippen molar-refractivity contribution in [3.8, 4) is 0 Å². The summed E-state index contributed by atoms with van der Waals surface area (Å²) < 4.78 is 0. The number of nitrogens with zero attached hydrogens (tertiary/aromatic N) is 2. The quantitative estimate of drug-likeness (QED) is 0.866. The van der Waals surface area contributed by atoms with Gasteiger partial charge in [0.05, 0.1) is 0 Å². The standard InChI is InChI=1S/C14H17ClN2O3/c15-12-3-1-2-11(16-12)14(20)17-8-6-10(7-9-17)4-5-13(18)19/h1-3,10H,4-9H2,(H,18,19). The topological polar surface area (TPSA) is 70.5 Å². The van der Waals surface area contributed by atoms with Crippen LogP contribution in [0.5, 0.6) is 0 Å². The van der Waals surface area contributed by atoms with Gasteiger partial charge in [-0.25, -0.2) is 4.98 Å². The summed E-state index contributed by atoms with van der Waals surface area (Å²) in [4.78, 5) is 28.6. The molecular weight excluding hydrogens is 280 g/mol. The molecule has 0 bridgehead atoms. The minimum absolute atomic E-state index is 0.107. The number of carboxylic acid groups (broad SMARTS) is 1. The third-order valence-electron chi connectivity index (χ3n) is 3.60. The molecule has 20 heavy (non-hydrogen) atoms. The summed E-state index contributed by atoms with van der Waals surface area (Å²) in [5.41, 5.74) is 0.362. The Bertz CT molecular complexity index is 499. The van der Waals surface area contributed by atoms with Crippen molar-refractivity contribution in [1.29, 1.82) is 0 Å². The highest BCUT2D eigenvalue weighted by molar-refractivity contribution is 6.29. The first-order valence-corrected chi connectivity index (χ1v) is 7.07. The van der Waals surface area contributed by atoms with Crippen molar-refractivity contribution in [3.63, 3.8) is 0 Å². The molecule has 1 aliphatic heterocycles. The molecule has 0 aromatic carbocycles. The zero-order valence-electron chi connectivity index (χ0n) is 11.1. The number of carboxylic acids is 1. The molecule has 1 aromatic heterocycles. The number of pyridine rings is 1. The van der Waals surface area contributed by atoms with Crippen LogP contribution < -0.4 is 0 Å². The zero-order chi connectivity index (χ0) is 14.5. The number of aromatic nitrogens is 1. The molecule has 1 saturated heterocycles. The summed E-state index contributed by atoms with van der Waals surface area (Å²) >= 11 is 5.78. The maximum absolute atomic E-state index is 12.2. The number of amides is 1. The van der Waals surface area contributed by atoms with E-state index in [-0.39, 0.29) is 12.3 Å². The number of carbonyl (C=O) groups excluding carboxylic acids is 1. The van der Waals surface area contributed by atoms with Crippen LogP contribution in [0.2, 0.25) is 5.15 Å². The van der Waals surface area contributed by atoms with Crippen LogP contribution in [0.4, 0.5) is 0 Å². The maximum Gasteiger partial charge on any atom is 0.303 e. The van der Waals surface area contributed by atoms with Gasteiger partial charge in [-0.2, -0.15) is 0 Å². The molecule has 1 aliphatic rings. The summed E-state index contributed by atoms with van der Waals surface area (Å²) in [6.45, 7) is 1.30. The lowest BCUT2D eigenvalue weighted by molar-refractivity contribution is -0.137. The van der Waals surface area contributed by atoms with Crippen molar-refractivity contribution in [2.45, 2.75) is 25.7 Å². The molecule has 108 valence electrons. The van der Waals surface area contributed by atoms with Gasteiger partial charge >= 0.3 is 5.97 Å². The van der Waals surface area contributed by atoms with Gasteiger partial charge in [-0.1, -0.05) is 17.7 Å². The summed E-state index contributed by atoms with van der Waals surface area (Å²) in [6, 6.07) is 5.00. The number of hydrogen-bond donors (Lipinski definition) is 1. The first kappa shape index (κ1) is 14.8. The molecule has 0 aliphatic carbocycles. The molecule has 1 amide bonds. The van der Waals surface area contributed by atoms with Gasteiger partial charge in [0, 0.05) is 19.5 Å². The van der Waals surface area contributed by atoms with Crippen molar-refractivity contribution >= 4 is 23.5 Å². The Morgan fingerprint density at radius 1 is 1.35 bits per heavy atom. The third-order valence-corrected chi connectivity index (χ3v) is 3.81. The van der Waals surface area contributed by atoms with E-state index in [0.717, 1.165) is 12.8 Å². The number of hydrogen-bond acceptors (Lipinski definition) is 3. The van der Waals surface area contributed by atoms with Crippen LogP contribution in [0.25, 0.3) is 0 Å². The van der Waals surface area contributed by atoms with Crippen LogP contribution in [0.1, 0.15) is 36.2 Å². The number of carbonyl (C=O) groups is 2. The monoisotopic (exact) mass is 296 g/mol. The minimum atomic E-state index is -0.758. The lowest BCUT2D eigenvalue weighted by atomic mass is 9.92. The average Bonchev–Trinajstić information content (AvgIpc) is 2.45. The second-order valence-corrected chi connectivity index (χ2v) is 5.40. The lowest BCUT2D eigenvalue weighted by Gasteiger charge is -2.31. The van der Waals surface area contributed by atoms with E-state index in [1.165, 1.54) is 0 Å². The van der Waals surface area contributed by atoms with E-state index in [0.29, 0.717) is 36.3 Å². The Labute approximate surface area is 122 Å². The fourth-order valence-electron chi connectivity index (χ4n) is 2.44. The minimum Gasteiger partial charge on any atom is -0.481 e. The van der Waals surface area contributed by atoms with Gasteiger partial charge < -0.3 is 10.0 Å². The maximum atomic E-state index is 12.2. The predicted octanol–water partition coefficient (Wildman–Crippen LogP) is 2.45. The third kappa shape index (κ3) is 3.93. The molecule has 1 fully saturated rings. The van der Waals surface area contributed by atoms with Gasteiger partial charge in [-0.3, -0.25) is 9.59 Å². The molecule has 6 heteroatoms. The second kappa shape index (κ2) is 6.70. The molecule has 0 radical (unpaired) electrons. The SMILES string of the molecule is O=C(O)CCC1CCN(C(=O)c2cccc(Cl)n2)CC1. The number of rotatable bonds is 4. The molecule has 1 aromatic rings.